The first-order chi connectivity index (χ1) is 4.30. The number of nitrogens with zero attached hydrogens (tertiary/aromatic N) is 1. The Hall–Kier alpha value is 0.470. The minimum atomic E-state index is 0. The molecule has 0 spiro atoms. The van der Waals surface area contributed by atoms with Crippen LogP contribution in [0.15, 0.2) is 0 Å². The second-order valence-electron chi connectivity index (χ2n) is 2.62. The molecule has 0 saturated carbocycles. The van der Waals surface area contributed by atoms with Crippen LogP contribution in [0.2, 0.25) is 0 Å². The number of hydrogen-bond acceptors (Lipinski definition) is 1. The minimum Gasteiger partial charge on any atom is -0.653 e. The molecule has 1 aliphatic rings. The third-order valence-electron chi connectivity index (χ3n) is 1.73. The number of carbonyl (C=O) groups is 1. The van der Waals surface area contributed by atoms with Crippen LogP contribution in [0.25, 0.3) is 5.32 Å². The van der Waals surface area contributed by atoms with E-state index in [2.05, 4.69) is 5.32 Å². The summed E-state index contributed by atoms with van der Waals surface area (Å²) in [5.41, 5.74) is 0. The van der Waals surface area contributed by atoms with Gasteiger partial charge < -0.3 is 10.1 Å². The normalized spacial score (nSPS) is 26.1. The molecule has 1 rings (SSSR count). The molecule has 3 heteroatoms. The molecule has 1 atom stereocenters. The quantitative estimate of drug-likeness (QED) is 0.394. The van der Waals surface area contributed by atoms with E-state index < -0.39 is 0 Å². The Bertz CT molecular complexity index is 116. The van der Waals surface area contributed by atoms with Crippen molar-refractivity contribution in [3.05, 3.63) is 5.32 Å². The van der Waals surface area contributed by atoms with Crippen molar-refractivity contribution < 1.29 is 34.4 Å². The number of carbonyl (C=O) groups excluding carboxylic acids is 1. The molecule has 0 aromatic carbocycles. The molecule has 1 amide bonds. The fraction of sp³-hybridized carbons (Fsp3) is 0.857. The third-order valence-corrected chi connectivity index (χ3v) is 1.73. The van der Waals surface area contributed by atoms with E-state index in [9.17, 15) is 4.79 Å². The largest absolute Gasteiger partial charge is 1.00 e. The molecule has 0 aliphatic carbocycles. The van der Waals surface area contributed by atoms with E-state index in [4.69, 9.17) is 0 Å². The minimum absolute atomic E-state index is 0. The Balaban J connectivity index is 0.000000810. The van der Waals surface area contributed by atoms with Crippen LogP contribution in [0, 0.1) is 5.92 Å². The van der Waals surface area contributed by atoms with Gasteiger partial charge in [0.15, 0.2) is 0 Å². The third kappa shape index (κ3) is 3.04. The summed E-state index contributed by atoms with van der Waals surface area (Å²) in [6.07, 6.45) is 3.29. The molecular weight excluding hydrogens is 137 g/mol. The average Bonchev–Trinajstić information content (AvgIpc) is 1.99. The molecule has 2 nitrogen and oxygen atoms in total. The maximum atomic E-state index is 10.8. The molecule has 0 radical (unpaired) electrons. The average molecular weight is 149 g/mol. The maximum absolute atomic E-state index is 10.8. The summed E-state index contributed by atoms with van der Waals surface area (Å²) < 4.78 is 0. The number of amides is 1. The monoisotopic (exact) mass is 149 g/mol. The van der Waals surface area contributed by atoms with Gasteiger partial charge in [0.1, 0.15) is 0 Å². The van der Waals surface area contributed by atoms with E-state index in [1.54, 1.807) is 0 Å². The van der Waals surface area contributed by atoms with Crippen molar-refractivity contribution >= 4 is 5.91 Å². The van der Waals surface area contributed by atoms with E-state index >= 15 is 0 Å². The van der Waals surface area contributed by atoms with Crippen molar-refractivity contribution in [2.24, 2.45) is 5.92 Å². The predicted molar refractivity (Wildman–Crippen MR) is 36.2 cm³/mol. The fourth-order valence-corrected chi connectivity index (χ4v) is 1.03. The predicted octanol–water partition coefficient (Wildman–Crippen LogP) is -1.29. The van der Waals surface area contributed by atoms with Crippen LogP contribution < -0.4 is 29.6 Å². The summed E-state index contributed by atoms with van der Waals surface area (Å²) in [6.45, 7) is 2.71. The second-order valence-corrected chi connectivity index (χ2v) is 2.62. The first-order valence-electron chi connectivity index (χ1n) is 3.52. The molecule has 1 saturated heterocycles. The summed E-state index contributed by atoms with van der Waals surface area (Å²) >= 11 is 0. The van der Waals surface area contributed by atoms with Gasteiger partial charge >= 0.3 is 29.6 Å². The molecule has 0 bridgehead atoms. The van der Waals surface area contributed by atoms with Crippen molar-refractivity contribution in [3.8, 4) is 0 Å². The van der Waals surface area contributed by atoms with Gasteiger partial charge in [0.05, 0.1) is 5.91 Å². The molecule has 0 aromatic rings. The van der Waals surface area contributed by atoms with Crippen molar-refractivity contribution in [3.63, 3.8) is 0 Å². The molecule has 10 heavy (non-hydrogen) atoms. The summed E-state index contributed by atoms with van der Waals surface area (Å²) in [4.78, 5) is 10.8. The van der Waals surface area contributed by atoms with Crippen molar-refractivity contribution in [1.29, 1.82) is 0 Å². The topological polar surface area (TPSA) is 31.2 Å². The van der Waals surface area contributed by atoms with Crippen LogP contribution in [0.4, 0.5) is 0 Å². The Morgan fingerprint density at radius 2 is 2.20 bits per heavy atom. The van der Waals surface area contributed by atoms with Crippen molar-refractivity contribution in [1.82, 2.24) is 0 Å². The van der Waals surface area contributed by atoms with Crippen LogP contribution in [0.5, 0.6) is 0 Å². The summed E-state index contributed by atoms with van der Waals surface area (Å²) in [5.74, 6) is 0.292. The van der Waals surface area contributed by atoms with E-state index in [1.165, 1.54) is 0 Å². The number of rotatable bonds is 0. The number of hydrogen-bond donors (Lipinski definition) is 0. The summed E-state index contributed by atoms with van der Waals surface area (Å²) in [5, 5.41) is 3.87. The molecule has 0 aromatic heterocycles. The zero-order valence-electron chi connectivity index (χ0n) is 6.76. The van der Waals surface area contributed by atoms with Crippen molar-refractivity contribution in [2.75, 3.05) is 6.54 Å². The van der Waals surface area contributed by atoms with E-state index in [-0.39, 0.29) is 41.4 Å². The van der Waals surface area contributed by atoms with Crippen molar-refractivity contribution in [2.45, 2.75) is 26.2 Å². The second kappa shape index (κ2) is 5.16. The van der Waals surface area contributed by atoms with Gasteiger partial charge in [0, 0.05) is 0 Å². The SMILES string of the molecule is C[C@H]1CCCC[N-]C1=O.[Na+]. The molecular formula is C7H12NNaO. The Morgan fingerprint density at radius 1 is 1.50 bits per heavy atom. The first-order valence-corrected chi connectivity index (χ1v) is 3.52. The van der Waals surface area contributed by atoms with Gasteiger partial charge in [-0.1, -0.05) is 19.8 Å². The van der Waals surface area contributed by atoms with Gasteiger partial charge in [-0.05, 0) is 12.3 Å². The molecule has 0 unspecified atom stereocenters. The Morgan fingerprint density at radius 3 is 2.90 bits per heavy atom. The standard InChI is InChI=1S/C7H13NO.Na/c1-6-4-2-3-5-8-7(6)9;/h6H,2-5H2,1H3,(H,8,9);/q;+1/p-1/t6-;/m0./s1. The molecule has 1 fully saturated rings. The molecule has 52 valence electrons. The smallest absolute Gasteiger partial charge is 0.653 e. The van der Waals surface area contributed by atoms with Crippen LogP contribution >= 0.6 is 0 Å². The molecule has 0 N–H and O–H groups in total. The maximum Gasteiger partial charge on any atom is 1.00 e. The van der Waals surface area contributed by atoms with E-state index in [0.717, 1.165) is 25.8 Å². The Labute approximate surface area is 84.0 Å². The zero-order chi connectivity index (χ0) is 6.69. The Kier molecular flexibility index (Phi) is 5.41. The molecule has 1 aliphatic heterocycles. The zero-order valence-corrected chi connectivity index (χ0v) is 8.76. The van der Waals surface area contributed by atoms with Gasteiger partial charge in [-0.3, -0.25) is 0 Å². The van der Waals surface area contributed by atoms with Gasteiger partial charge in [0.2, 0.25) is 0 Å². The van der Waals surface area contributed by atoms with Gasteiger partial charge in [-0.25, -0.2) is 0 Å². The fourth-order valence-electron chi connectivity index (χ4n) is 1.03. The van der Waals surface area contributed by atoms with E-state index in [1.807, 2.05) is 6.92 Å². The summed E-state index contributed by atoms with van der Waals surface area (Å²) in [7, 11) is 0. The van der Waals surface area contributed by atoms with Crippen LogP contribution in [0.1, 0.15) is 26.2 Å². The molecule has 1 heterocycles. The van der Waals surface area contributed by atoms with Gasteiger partial charge in [-0.15, -0.1) is 6.54 Å². The van der Waals surface area contributed by atoms with Gasteiger partial charge in [0.25, 0.3) is 0 Å². The van der Waals surface area contributed by atoms with Gasteiger partial charge in [-0.2, -0.15) is 0 Å². The van der Waals surface area contributed by atoms with Crippen LogP contribution in [-0.4, -0.2) is 12.5 Å². The van der Waals surface area contributed by atoms with Crippen LogP contribution in [-0.2, 0) is 4.79 Å². The summed E-state index contributed by atoms with van der Waals surface area (Å²) in [6, 6.07) is 0. The van der Waals surface area contributed by atoms with Crippen LogP contribution in [0.3, 0.4) is 0 Å². The van der Waals surface area contributed by atoms with E-state index in [0.29, 0.717) is 0 Å². The first kappa shape index (κ1) is 10.5.